The third-order valence-electron chi connectivity index (χ3n) is 4.72. The van der Waals surface area contributed by atoms with Gasteiger partial charge < -0.3 is 9.64 Å². The van der Waals surface area contributed by atoms with E-state index < -0.39 is 0 Å². The fraction of sp³-hybridized carbons (Fsp3) is 0.350. The molecule has 0 aliphatic carbocycles. The number of benzene rings is 2. The topological polar surface area (TPSA) is 25.4 Å². The first kappa shape index (κ1) is 17.0. The Hall–Kier alpha value is -1.46. The largest absolute Gasteiger partial charge is 0.363 e. The molecule has 25 heavy (non-hydrogen) atoms. The van der Waals surface area contributed by atoms with Crippen LogP contribution in [0.5, 0.6) is 0 Å². The number of aromatic nitrogens is 1. The van der Waals surface area contributed by atoms with Crippen LogP contribution in [0.15, 0.2) is 48.5 Å². The highest BCUT2D eigenvalue weighted by Gasteiger charge is 2.27. The van der Waals surface area contributed by atoms with E-state index in [4.69, 9.17) is 21.3 Å². The average molecular weight is 373 g/mol. The summed E-state index contributed by atoms with van der Waals surface area (Å²) < 4.78 is 7.74. The van der Waals surface area contributed by atoms with Crippen LogP contribution in [0.1, 0.15) is 29.5 Å². The minimum absolute atomic E-state index is 0.209. The molecule has 1 saturated heterocycles. The van der Waals surface area contributed by atoms with Crippen LogP contribution in [0.25, 0.3) is 10.2 Å². The molecule has 2 aromatic carbocycles. The molecule has 0 spiro atoms. The molecule has 5 heteroatoms. The van der Waals surface area contributed by atoms with Gasteiger partial charge in [-0.3, -0.25) is 0 Å². The lowest BCUT2D eigenvalue weighted by molar-refractivity contribution is -0.0234. The van der Waals surface area contributed by atoms with Crippen molar-refractivity contribution in [1.29, 1.82) is 0 Å². The molecule has 1 aliphatic rings. The van der Waals surface area contributed by atoms with E-state index in [1.165, 1.54) is 4.70 Å². The lowest BCUT2D eigenvalue weighted by Gasteiger charge is -2.31. The van der Waals surface area contributed by atoms with Gasteiger partial charge in [0.05, 0.1) is 16.3 Å². The van der Waals surface area contributed by atoms with Gasteiger partial charge in [-0.05, 0) is 38.1 Å². The van der Waals surface area contributed by atoms with E-state index in [2.05, 4.69) is 24.1 Å². The highest BCUT2D eigenvalue weighted by Crippen LogP contribution is 2.37. The number of ether oxygens (including phenoxy) is 1. The highest BCUT2D eigenvalue weighted by molar-refractivity contribution is 7.18. The standard InChI is InChI=1S/C20H21ClN2OS/c1-23-12-10-14(11-13-23)24-19(15-6-2-3-7-16(15)21)20-22-17-8-4-5-9-18(17)25-20/h2-9,14,19H,10-13H2,1H3. The van der Waals surface area contributed by atoms with Gasteiger partial charge in [0.2, 0.25) is 0 Å². The quantitative estimate of drug-likeness (QED) is 0.633. The van der Waals surface area contributed by atoms with Gasteiger partial charge in [0.1, 0.15) is 11.1 Å². The fourth-order valence-electron chi connectivity index (χ4n) is 3.27. The summed E-state index contributed by atoms with van der Waals surface area (Å²) in [6, 6.07) is 16.2. The summed E-state index contributed by atoms with van der Waals surface area (Å²) in [5, 5.41) is 1.72. The Morgan fingerprint density at radius 3 is 2.60 bits per heavy atom. The summed E-state index contributed by atoms with van der Waals surface area (Å²) in [6.07, 6.45) is 2.12. The second kappa shape index (κ2) is 7.42. The number of halogens is 1. The number of fused-ring (bicyclic) bond motifs is 1. The molecule has 0 amide bonds. The summed E-state index contributed by atoms with van der Waals surface area (Å²) in [5.74, 6) is 0. The smallest absolute Gasteiger partial charge is 0.136 e. The summed E-state index contributed by atoms with van der Waals surface area (Å²) in [7, 11) is 2.16. The molecule has 1 unspecified atom stereocenters. The summed E-state index contributed by atoms with van der Waals surface area (Å²) >= 11 is 8.19. The molecular weight excluding hydrogens is 352 g/mol. The molecule has 1 aliphatic heterocycles. The van der Waals surface area contributed by atoms with E-state index in [1.54, 1.807) is 11.3 Å². The molecule has 130 valence electrons. The number of hydrogen-bond donors (Lipinski definition) is 0. The fourth-order valence-corrected chi connectivity index (χ4v) is 4.53. The van der Waals surface area contributed by atoms with Gasteiger partial charge in [0.15, 0.2) is 0 Å². The SMILES string of the molecule is CN1CCC(OC(c2nc3ccccc3s2)c2ccccc2Cl)CC1. The second-order valence-corrected chi connectivity index (χ2v) is 8.03. The lowest BCUT2D eigenvalue weighted by atomic mass is 10.1. The van der Waals surface area contributed by atoms with Crippen LogP contribution in [-0.2, 0) is 4.74 Å². The first-order valence-electron chi connectivity index (χ1n) is 8.64. The molecule has 0 bridgehead atoms. The molecule has 1 atom stereocenters. The Bertz CT molecular complexity index is 825. The maximum absolute atomic E-state index is 6.56. The normalized spacial score (nSPS) is 17.8. The van der Waals surface area contributed by atoms with E-state index in [9.17, 15) is 0 Å². The van der Waals surface area contributed by atoms with Gasteiger partial charge in [-0.15, -0.1) is 11.3 Å². The molecular formula is C20H21ClN2OS. The van der Waals surface area contributed by atoms with Gasteiger partial charge in [-0.25, -0.2) is 4.98 Å². The van der Waals surface area contributed by atoms with Gasteiger partial charge >= 0.3 is 0 Å². The van der Waals surface area contributed by atoms with Crippen molar-refractivity contribution in [2.45, 2.75) is 25.0 Å². The van der Waals surface area contributed by atoms with Crippen LogP contribution in [0.3, 0.4) is 0 Å². The molecule has 0 saturated carbocycles. The molecule has 1 fully saturated rings. The predicted molar refractivity (Wildman–Crippen MR) is 105 cm³/mol. The number of para-hydroxylation sites is 1. The van der Waals surface area contributed by atoms with Crippen molar-refractivity contribution in [2.24, 2.45) is 0 Å². The molecule has 3 aromatic rings. The van der Waals surface area contributed by atoms with Crippen molar-refractivity contribution in [1.82, 2.24) is 9.88 Å². The van der Waals surface area contributed by atoms with Gasteiger partial charge in [-0.2, -0.15) is 0 Å². The third kappa shape index (κ3) is 3.72. The van der Waals surface area contributed by atoms with Crippen LogP contribution >= 0.6 is 22.9 Å². The van der Waals surface area contributed by atoms with Crippen LogP contribution in [0, 0.1) is 0 Å². The Kier molecular flexibility index (Phi) is 5.04. The van der Waals surface area contributed by atoms with Crippen molar-refractivity contribution >= 4 is 33.2 Å². The molecule has 2 heterocycles. The van der Waals surface area contributed by atoms with Crippen LogP contribution in [-0.4, -0.2) is 36.1 Å². The number of thiazole rings is 1. The predicted octanol–water partition coefficient (Wildman–Crippen LogP) is 5.15. The zero-order valence-corrected chi connectivity index (χ0v) is 15.8. The maximum atomic E-state index is 6.56. The van der Waals surface area contributed by atoms with E-state index in [-0.39, 0.29) is 12.2 Å². The number of likely N-dealkylation sites (tertiary alicyclic amines) is 1. The van der Waals surface area contributed by atoms with Crippen LogP contribution < -0.4 is 0 Å². The summed E-state index contributed by atoms with van der Waals surface area (Å²) in [5.41, 5.74) is 2.02. The Morgan fingerprint density at radius 1 is 1.12 bits per heavy atom. The number of rotatable bonds is 4. The first-order valence-corrected chi connectivity index (χ1v) is 9.84. The molecule has 0 radical (unpaired) electrons. The number of hydrogen-bond acceptors (Lipinski definition) is 4. The van der Waals surface area contributed by atoms with Gasteiger partial charge in [0.25, 0.3) is 0 Å². The molecule has 4 rings (SSSR count). The minimum atomic E-state index is -0.209. The molecule has 3 nitrogen and oxygen atoms in total. The van der Waals surface area contributed by atoms with Crippen molar-refractivity contribution in [2.75, 3.05) is 20.1 Å². The highest BCUT2D eigenvalue weighted by atomic mass is 35.5. The summed E-state index contributed by atoms with van der Waals surface area (Å²) in [6.45, 7) is 2.14. The zero-order chi connectivity index (χ0) is 17.2. The minimum Gasteiger partial charge on any atom is -0.363 e. The van der Waals surface area contributed by atoms with Crippen molar-refractivity contribution in [3.8, 4) is 0 Å². The van der Waals surface area contributed by atoms with Crippen molar-refractivity contribution < 1.29 is 4.74 Å². The van der Waals surface area contributed by atoms with Crippen LogP contribution in [0.2, 0.25) is 5.02 Å². The Labute approximate surface area is 157 Å². The van der Waals surface area contributed by atoms with Gasteiger partial charge in [0, 0.05) is 23.7 Å². The van der Waals surface area contributed by atoms with Crippen LogP contribution in [0.4, 0.5) is 0 Å². The molecule has 1 aromatic heterocycles. The van der Waals surface area contributed by atoms with Crippen molar-refractivity contribution in [3.63, 3.8) is 0 Å². The Balaban J connectivity index is 1.69. The number of nitrogens with zero attached hydrogens (tertiary/aromatic N) is 2. The van der Waals surface area contributed by atoms with Crippen molar-refractivity contribution in [3.05, 3.63) is 64.1 Å². The summed E-state index contributed by atoms with van der Waals surface area (Å²) in [4.78, 5) is 7.18. The zero-order valence-electron chi connectivity index (χ0n) is 14.2. The monoisotopic (exact) mass is 372 g/mol. The van der Waals surface area contributed by atoms with Gasteiger partial charge in [-0.1, -0.05) is 41.9 Å². The number of piperidine rings is 1. The lowest BCUT2D eigenvalue weighted by Crippen LogP contribution is -2.35. The van der Waals surface area contributed by atoms with E-state index in [0.29, 0.717) is 0 Å². The molecule has 0 N–H and O–H groups in total. The third-order valence-corrected chi connectivity index (χ3v) is 6.14. The first-order chi connectivity index (χ1) is 12.2. The van der Waals surface area contributed by atoms with E-state index in [1.807, 2.05) is 36.4 Å². The Morgan fingerprint density at radius 2 is 1.84 bits per heavy atom. The van der Waals surface area contributed by atoms with E-state index >= 15 is 0 Å². The average Bonchev–Trinajstić information content (AvgIpc) is 3.06. The van der Waals surface area contributed by atoms with E-state index in [0.717, 1.165) is 47.0 Å². The maximum Gasteiger partial charge on any atom is 0.136 e. The second-order valence-electron chi connectivity index (χ2n) is 6.56.